The topological polar surface area (TPSA) is 68.4 Å². The number of benzene rings is 3. The molecular formula is C28H33N3O3. The summed E-state index contributed by atoms with van der Waals surface area (Å²) in [6, 6.07) is 24.5. The van der Waals surface area contributed by atoms with Gasteiger partial charge in [0.2, 0.25) is 0 Å². The van der Waals surface area contributed by atoms with Crippen molar-refractivity contribution in [3.8, 4) is 5.75 Å². The Morgan fingerprint density at radius 2 is 1.62 bits per heavy atom. The van der Waals surface area contributed by atoms with Crippen LogP contribution in [0.4, 0.5) is 0 Å². The molecule has 178 valence electrons. The third-order valence-electron chi connectivity index (χ3n) is 6.38. The number of ether oxygens (including phenoxy) is 1. The van der Waals surface area contributed by atoms with Crippen LogP contribution in [0.15, 0.2) is 77.6 Å². The van der Waals surface area contributed by atoms with E-state index >= 15 is 0 Å². The van der Waals surface area contributed by atoms with Gasteiger partial charge in [-0.1, -0.05) is 48.5 Å². The average Bonchev–Trinajstić information content (AvgIpc) is 3.09. The largest absolute Gasteiger partial charge is 0.491 e. The Labute approximate surface area is 200 Å². The normalized spacial score (nSPS) is 13.2. The molecule has 0 amide bonds. The molecule has 2 unspecified atom stereocenters. The molecule has 6 nitrogen and oxygen atoms in total. The van der Waals surface area contributed by atoms with Crippen molar-refractivity contribution in [2.75, 3.05) is 6.61 Å². The Bertz CT molecular complexity index is 1280. The van der Waals surface area contributed by atoms with E-state index in [4.69, 9.17) is 4.74 Å². The highest BCUT2D eigenvalue weighted by molar-refractivity contribution is 5.77. The number of aryl methyl sites for hydroxylation is 3. The fraction of sp³-hybridized carbons (Fsp3) is 0.321. The number of rotatable bonds is 10. The van der Waals surface area contributed by atoms with Crippen LogP contribution in [0.2, 0.25) is 0 Å². The Morgan fingerprint density at radius 3 is 2.35 bits per heavy atom. The number of aromatic nitrogens is 2. The number of aliphatic hydroxyl groups is 1. The molecule has 0 fully saturated rings. The monoisotopic (exact) mass is 459 g/mol. The number of nitrogens with zero attached hydrogens (tertiary/aromatic N) is 2. The molecule has 1 aromatic heterocycles. The van der Waals surface area contributed by atoms with Gasteiger partial charge < -0.3 is 15.2 Å². The van der Waals surface area contributed by atoms with E-state index in [0.29, 0.717) is 11.8 Å². The summed E-state index contributed by atoms with van der Waals surface area (Å²) in [7, 11) is 3.48. The summed E-state index contributed by atoms with van der Waals surface area (Å²) < 4.78 is 9.00. The van der Waals surface area contributed by atoms with E-state index in [-0.39, 0.29) is 12.3 Å². The minimum Gasteiger partial charge on any atom is -0.491 e. The predicted octanol–water partition coefficient (Wildman–Crippen LogP) is 4.10. The lowest BCUT2D eigenvalue weighted by Gasteiger charge is -2.15. The smallest absolute Gasteiger partial charge is 0.328 e. The van der Waals surface area contributed by atoms with E-state index in [2.05, 4.69) is 36.5 Å². The van der Waals surface area contributed by atoms with Gasteiger partial charge in [-0.15, -0.1) is 0 Å². The number of hydrogen-bond acceptors (Lipinski definition) is 4. The van der Waals surface area contributed by atoms with Crippen LogP contribution in [0.5, 0.6) is 5.75 Å². The van der Waals surface area contributed by atoms with Crippen LogP contribution in [0.25, 0.3) is 11.0 Å². The van der Waals surface area contributed by atoms with Crippen LogP contribution < -0.4 is 15.7 Å². The maximum absolute atomic E-state index is 12.1. The molecule has 0 saturated heterocycles. The van der Waals surface area contributed by atoms with Crippen molar-refractivity contribution in [2.45, 2.75) is 38.5 Å². The fourth-order valence-corrected chi connectivity index (χ4v) is 4.13. The van der Waals surface area contributed by atoms with Gasteiger partial charge >= 0.3 is 5.69 Å². The number of nitrogens with one attached hydrogen (secondary N) is 1. The number of aliphatic hydroxyl groups excluding tert-OH is 1. The van der Waals surface area contributed by atoms with E-state index in [1.807, 2.05) is 48.5 Å². The minimum absolute atomic E-state index is 0.0851. The van der Waals surface area contributed by atoms with Crippen LogP contribution in [-0.2, 0) is 27.1 Å². The van der Waals surface area contributed by atoms with Gasteiger partial charge in [-0.25, -0.2) is 4.79 Å². The second-order valence-electron chi connectivity index (χ2n) is 8.93. The second kappa shape index (κ2) is 10.7. The Hall–Kier alpha value is -3.35. The first-order valence-corrected chi connectivity index (χ1v) is 11.7. The van der Waals surface area contributed by atoms with Crippen molar-refractivity contribution >= 4 is 11.0 Å². The third kappa shape index (κ3) is 5.58. The van der Waals surface area contributed by atoms with E-state index in [0.717, 1.165) is 36.0 Å². The Kier molecular flexibility index (Phi) is 7.50. The first kappa shape index (κ1) is 23.8. The molecule has 0 spiro atoms. The third-order valence-corrected chi connectivity index (χ3v) is 6.38. The average molecular weight is 460 g/mol. The zero-order chi connectivity index (χ0) is 24.1. The summed E-state index contributed by atoms with van der Waals surface area (Å²) in [5, 5.41) is 14.2. The second-order valence-corrected chi connectivity index (χ2v) is 8.93. The van der Waals surface area contributed by atoms with Crippen molar-refractivity contribution in [3.05, 3.63) is 100.0 Å². The molecule has 4 rings (SSSR count). The molecule has 0 radical (unpaired) electrons. The summed E-state index contributed by atoms with van der Waals surface area (Å²) in [5.74, 6) is 0.716. The molecule has 0 aliphatic heterocycles. The molecule has 3 aromatic carbocycles. The van der Waals surface area contributed by atoms with Crippen molar-refractivity contribution in [1.82, 2.24) is 14.5 Å². The van der Waals surface area contributed by atoms with Crippen molar-refractivity contribution in [2.24, 2.45) is 14.1 Å². The Morgan fingerprint density at radius 1 is 0.912 bits per heavy atom. The van der Waals surface area contributed by atoms with Crippen LogP contribution in [-0.4, -0.2) is 26.9 Å². The fourth-order valence-electron chi connectivity index (χ4n) is 4.13. The van der Waals surface area contributed by atoms with Gasteiger partial charge in [-0.3, -0.25) is 9.13 Å². The van der Waals surface area contributed by atoms with Crippen molar-refractivity contribution < 1.29 is 9.84 Å². The molecule has 0 aliphatic carbocycles. The van der Waals surface area contributed by atoms with Crippen LogP contribution in [0, 0.1) is 0 Å². The summed E-state index contributed by atoms with van der Waals surface area (Å²) in [6.45, 7) is 3.15. The number of hydrogen-bond donors (Lipinski definition) is 2. The van der Waals surface area contributed by atoms with Gasteiger partial charge in [0, 0.05) is 26.7 Å². The maximum Gasteiger partial charge on any atom is 0.328 e. The van der Waals surface area contributed by atoms with Gasteiger partial charge in [-0.2, -0.15) is 0 Å². The quantitative estimate of drug-likeness (QED) is 0.375. The first-order chi connectivity index (χ1) is 16.4. The minimum atomic E-state index is -0.786. The summed E-state index contributed by atoms with van der Waals surface area (Å²) in [5.41, 5.74) is 4.82. The van der Waals surface area contributed by atoms with E-state index in [1.54, 1.807) is 23.2 Å². The maximum atomic E-state index is 12.1. The summed E-state index contributed by atoms with van der Waals surface area (Å²) >= 11 is 0. The summed E-state index contributed by atoms with van der Waals surface area (Å²) in [4.78, 5) is 12.1. The van der Waals surface area contributed by atoms with Gasteiger partial charge in [0.05, 0.1) is 11.0 Å². The number of imidazole rings is 1. The van der Waals surface area contributed by atoms with Crippen LogP contribution in [0.1, 0.15) is 36.1 Å². The molecule has 1 heterocycles. The van der Waals surface area contributed by atoms with Gasteiger partial charge in [-0.05, 0) is 60.7 Å². The zero-order valence-electron chi connectivity index (χ0n) is 20.1. The highest BCUT2D eigenvalue weighted by atomic mass is 16.5. The lowest BCUT2D eigenvalue weighted by Crippen LogP contribution is -2.25. The number of fused-ring (bicyclic) bond motifs is 1. The predicted molar refractivity (Wildman–Crippen MR) is 136 cm³/mol. The van der Waals surface area contributed by atoms with Gasteiger partial charge in [0.15, 0.2) is 0 Å². The lowest BCUT2D eigenvalue weighted by molar-refractivity contribution is 0.108. The molecule has 34 heavy (non-hydrogen) atoms. The standard InChI is InChI=1S/C28H33N3O3/c1-20(9-10-21-7-5-4-6-8-21)29-18-22-11-14-24(15-12-22)34-19-27(32)23-13-16-25-26(17-23)31(3)28(33)30(25)2/h4-8,11-17,20,27,29,32H,9-10,18-19H2,1-3H3. The lowest BCUT2D eigenvalue weighted by atomic mass is 10.1. The molecule has 4 aromatic rings. The Balaban J connectivity index is 1.26. The van der Waals surface area contributed by atoms with Gasteiger partial charge in [0.1, 0.15) is 18.5 Å². The van der Waals surface area contributed by atoms with Crippen molar-refractivity contribution in [3.63, 3.8) is 0 Å². The molecular weight excluding hydrogens is 426 g/mol. The SMILES string of the molecule is CC(CCc1ccccc1)NCc1ccc(OCC(O)c2ccc3c(c2)n(C)c(=O)n3C)cc1. The molecule has 0 bridgehead atoms. The molecule has 0 saturated carbocycles. The molecule has 6 heteroatoms. The van der Waals surface area contributed by atoms with E-state index < -0.39 is 6.10 Å². The molecule has 2 atom stereocenters. The van der Waals surface area contributed by atoms with Crippen LogP contribution >= 0.6 is 0 Å². The molecule has 0 aliphatic rings. The summed E-state index contributed by atoms with van der Waals surface area (Å²) in [6.07, 6.45) is 1.37. The van der Waals surface area contributed by atoms with Crippen LogP contribution in [0.3, 0.4) is 0 Å². The highest BCUT2D eigenvalue weighted by Gasteiger charge is 2.13. The van der Waals surface area contributed by atoms with Crippen molar-refractivity contribution in [1.29, 1.82) is 0 Å². The van der Waals surface area contributed by atoms with E-state index in [9.17, 15) is 9.90 Å². The van der Waals surface area contributed by atoms with Gasteiger partial charge in [0.25, 0.3) is 0 Å². The van der Waals surface area contributed by atoms with E-state index in [1.165, 1.54) is 11.1 Å². The first-order valence-electron chi connectivity index (χ1n) is 11.7. The zero-order valence-corrected chi connectivity index (χ0v) is 20.1. The molecule has 2 N–H and O–H groups in total. The highest BCUT2D eigenvalue weighted by Crippen LogP contribution is 2.21.